The number of halogens is 2. The van der Waals surface area contributed by atoms with Crippen LogP contribution in [0, 0.1) is 5.82 Å². The van der Waals surface area contributed by atoms with Gasteiger partial charge >= 0.3 is 0 Å². The van der Waals surface area contributed by atoms with Gasteiger partial charge in [-0.1, -0.05) is 12.1 Å². The predicted molar refractivity (Wildman–Crippen MR) is 158 cm³/mol. The van der Waals surface area contributed by atoms with Gasteiger partial charge in [0.15, 0.2) is 0 Å². The van der Waals surface area contributed by atoms with Crippen molar-refractivity contribution in [3.8, 4) is 17.1 Å². The van der Waals surface area contributed by atoms with Gasteiger partial charge in [0.1, 0.15) is 45.2 Å². The van der Waals surface area contributed by atoms with Gasteiger partial charge in [0.25, 0.3) is 0 Å². The molecule has 0 saturated carbocycles. The molecule has 13 heteroatoms. The van der Waals surface area contributed by atoms with Crippen molar-refractivity contribution in [1.82, 2.24) is 25.3 Å². The average Bonchev–Trinajstić information content (AvgIpc) is 3.39. The normalized spacial score (nSPS) is 11.6. The second kappa shape index (κ2) is 12.3. The van der Waals surface area contributed by atoms with Gasteiger partial charge < -0.3 is 15.4 Å². The SMILES string of the molecule is CS(=O)(=O)CCNCc1nc(-c2cc3c(Nc4ccc(OCc5cccc(F)c5)c(Br)c4)ncnc3cn2)cs1. The summed E-state index contributed by atoms with van der Waals surface area (Å²) >= 11 is 5.03. The number of fused-ring (bicyclic) bond motifs is 1. The maximum Gasteiger partial charge on any atom is 0.148 e. The Morgan fingerprint density at radius 2 is 1.95 bits per heavy atom. The van der Waals surface area contributed by atoms with Gasteiger partial charge in [0.2, 0.25) is 0 Å². The highest BCUT2D eigenvalue weighted by molar-refractivity contribution is 9.10. The minimum Gasteiger partial charge on any atom is -0.488 e. The van der Waals surface area contributed by atoms with Crippen molar-refractivity contribution in [1.29, 1.82) is 0 Å². The number of nitrogens with zero attached hydrogens (tertiary/aromatic N) is 4. The number of benzene rings is 2. The molecule has 0 amide bonds. The molecule has 0 radical (unpaired) electrons. The smallest absolute Gasteiger partial charge is 0.148 e. The highest BCUT2D eigenvalue weighted by Crippen LogP contribution is 2.32. The van der Waals surface area contributed by atoms with E-state index in [0.717, 1.165) is 26.1 Å². The quantitative estimate of drug-likeness (QED) is 0.180. The zero-order valence-corrected chi connectivity index (χ0v) is 24.5. The topological polar surface area (TPSA) is 119 Å². The van der Waals surface area contributed by atoms with Gasteiger partial charge in [-0.05, 0) is 57.9 Å². The van der Waals surface area contributed by atoms with Gasteiger partial charge in [-0.15, -0.1) is 11.3 Å². The third kappa shape index (κ3) is 7.36. The average molecular weight is 644 g/mol. The van der Waals surface area contributed by atoms with Crippen LogP contribution in [-0.4, -0.2) is 46.9 Å². The standard InChI is InChI=1S/C27H24BrFN6O3S2/c1-40(36,37)8-7-30-13-26-35-24(15-39-26)22-11-20-23(12-31-22)32-16-33-27(20)34-19-5-6-25(21(28)10-19)38-14-17-3-2-4-18(29)9-17/h2-6,9-12,15-16,30H,7-8,13-14H2,1H3,(H,32,33,34). The lowest BCUT2D eigenvalue weighted by Gasteiger charge is -2.12. The van der Waals surface area contributed by atoms with Crippen LogP contribution in [0.3, 0.4) is 0 Å². The van der Waals surface area contributed by atoms with Gasteiger partial charge in [-0.25, -0.2) is 27.8 Å². The summed E-state index contributed by atoms with van der Waals surface area (Å²) in [4.78, 5) is 17.9. The van der Waals surface area contributed by atoms with Crippen LogP contribution in [0.4, 0.5) is 15.9 Å². The number of rotatable bonds is 11. The van der Waals surface area contributed by atoms with Crippen molar-refractivity contribution in [2.45, 2.75) is 13.2 Å². The second-order valence-corrected chi connectivity index (χ2v) is 13.0. The number of pyridine rings is 1. The van der Waals surface area contributed by atoms with Crippen LogP contribution in [0.2, 0.25) is 0 Å². The van der Waals surface area contributed by atoms with Crippen molar-refractivity contribution in [3.05, 3.63) is 87.3 Å². The summed E-state index contributed by atoms with van der Waals surface area (Å²) in [5, 5.41) is 9.96. The molecule has 0 atom stereocenters. The number of hydrogen-bond acceptors (Lipinski definition) is 10. The Kier molecular flexibility index (Phi) is 8.64. The molecule has 0 aliphatic heterocycles. The van der Waals surface area contributed by atoms with E-state index in [2.05, 4.69) is 46.5 Å². The number of anilines is 2. The molecule has 3 aromatic heterocycles. The van der Waals surface area contributed by atoms with E-state index in [-0.39, 0.29) is 18.2 Å². The lowest BCUT2D eigenvalue weighted by Crippen LogP contribution is -2.21. The largest absolute Gasteiger partial charge is 0.488 e. The van der Waals surface area contributed by atoms with Crippen molar-refractivity contribution in [3.63, 3.8) is 0 Å². The van der Waals surface area contributed by atoms with Crippen molar-refractivity contribution in [2.75, 3.05) is 23.9 Å². The summed E-state index contributed by atoms with van der Waals surface area (Å²) in [6, 6.07) is 13.8. The Morgan fingerprint density at radius 3 is 2.75 bits per heavy atom. The first-order valence-electron chi connectivity index (χ1n) is 12.1. The lowest BCUT2D eigenvalue weighted by molar-refractivity contribution is 0.303. The van der Waals surface area contributed by atoms with Crippen molar-refractivity contribution >= 4 is 59.5 Å². The molecule has 0 bridgehead atoms. The molecule has 40 heavy (non-hydrogen) atoms. The molecule has 0 unspecified atom stereocenters. The van der Waals surface area contributed by atoms with E-state index in [1.807, 2.05) is 35.7 Å². The molecule has 2 N–H and O–H groups in total. The fraction of sp³-hybridized carbons (Fsp3) is 0.185. The summed E-state index contributed by atoms with van der Waals surface area (Å²) in [7, 11) is -3.01. The maximum absolute atomic E-state index is 13.4. The van der Waals surface area contributed by atoms with Gasteiger partial charge in [-0.2, -0.15) is 0 Å². The van der Waals surface area contributed by atoms with Gasteiger partial charge in [0.05, 0.1) is 33.3 Å². The summed E-state index contributed by atoms with van der Waals surface area (Å²) in [5.74, 6) is 1.00. The second-order valence-electron chi connectivity index (χ2n) is 8.93. The number of aromatic nitrogens is 4. The van der Waals surface area contributed by atoms with E-state index >= 15 is 0 Å². The van der Waals surface area contributed by atoms with Crippen LogP contribution >= 0.6 is 27.3 Å². The van der Waals surface area contributed by atoms with E-state index < -0.39 is 9.84 Å². The van der Waals surface area contributed by atoms with Crippen molar-refractivity contribution in [2.24, 2.45) is 0 Å². The van der Waals surface area contributed by atoms with E-state index in [1.165, 1.54) is 36.1 Å². The third-order valence-electron chi connectivity index (χ3n) is 5.74. The number of hydrogen-bond donors (Lipinski definition) is 2. The maximum atomic E-state index is 13.4. The number of ether oxygens (including phenoxy) is 1. The molecule has 5 rings (SSSR count). The fourth-order valence-corrected chi connectivity index (χ4v) is 5.55. The Bertz CT molecular complexity index is 1770. The van der Waals surface area contributed by atoms with Gasteiger partial charge in [0, 0.05) is 35.8 Å². The molecule has 0 aliphatic carbocycles. The molecule has 9 nitrogen and oxygen atoms in total. The van der Waals surface area contributed by atoms with Crippen LogP contribution in [0.25, 0.3) is 22.3 Å². The monoisotopic (exact) mass is 642 g/mol. The minimum absolute atomic E-state index is 0.0779. The summed E-state index contributed by atoms with van der Waals surface area (Å²) < 4.78 is 42.6. The Hall–Kier alpha value is -3.52. The molecule has 2 aromatic carbocycles. The number of nitrogens with one attached hydrogen (secondary N) is 2. The van der Waals surface area contributed by atoms with Crippen molar-refractivity contribution < 1.29 is 17.5 Å². The first-order valence-corrected chi connectivity index (χ1v) is 15.8. The molecule has 3 heterocycles. The first-order chi connectivity index (χ1) is 19.2. The molecule has 0 saturated heterocycles. The van der Waals surface area contributed by atoms with Crippen LogP contribution in [0.15, 0.2) is 70.9 Å². The number of thiazole rings is 1. The molecule has 0 fully saturated rings. The minimum atomic E-state index is -3.01. The number of sulfone groups is 1. The Morgan fingerprint density at radius 1 is 1.07 bits per heavy atom. The Labute approximate surface area is 242 Å². The fourth-order valence-electron chi connectivity index (χ4n) is 3.78. The molecular formula is C27H24BrFN6O3S2. The molecule has 0 spiro atoms. The first kappa shape index (κ1) is 28.0. The van der Waals surface area contributed by atoms with E-state index in [4.69, 9.17) is 4.74 Å². The molecule has 5 aromatic rings. The molecule has 0 aliphatic rings. The summed E-state index contributed by atoms with van der Waals surface area (Å²) in [5.41, 5.74) is 3.57. The third-order valence-corrected chi connectivity index (χ3v) is 8.15. The lowest BCUT2D eigenvalue weighted by atomic mass is 10.2. The molecular weight excluding hydrogens is 619 g/mol. The van der Waals surface area contributed by atoms with E-state index in [9.17, 15) is 12.8 Å². The zero-order chi connectivity index (χ0) is 28.1. The van der Waals surface area contributed by atoms with Gasteiger partial charge in [-0.3, -0.25) is 4.98 Å². The summed E-state index contributed by atoms with van der Waals surface area (Å²) in [6.45, 7) is 1.08. The van der Waals surface area contributed by atoms with Crippen LogP contribution in [-0.2, 0) is 23.0 Å². The predicted octanol–water partition coefficient (Wildman–Crippen LogP) is 5.51. The zero-order valence-electron chi connectivity index (χ0n) is 21.3. The molecule has 206 valence electrons. The highest BCUT2D eigenvalue weighted by atomic mass is 79.9. The summed E-state index contributed by atoms with van der Waals surface area (Å²) in [6.07, 6.45) is 4.37. The van der Waals surface area contributed by atoms with Crippen LogP contribution < -0.4 is 15.4 Å². The van der Waals surface area contributed by atoms with E-state index in [1.54, 1.807) is 12.3 Å². The highest BCUT2D eigenvalue weighted by Gasteiger charge is 2.12. The van der Waals surface area contributed by atoms with Crippen LogP contribution in [0.1, 0.15) is 10.6 Å². The Balaban J connectivity index is 1.29. The van der Waals surface area contributed by atoms with E-state index in [0.29, 0.717) is 41.6 Å². The van der Waals surface area contributed by atoms with Crippen LogP contribution in [0.5, 0.6) is 5.75 Å².